The number of hydrogen-bond donors (Lipinski definition) is 2. The van der Waals surface area contributed by atoms with Crippen molar-refractivity contribution in [2.45, 2.75) is 45.9 Å². The molecule has 1 fully saturated rings. The van der Waals surface area contributed by atoms with Crippen molar-refractivity contribution in [3.05, 3.63) is 0 Å². The van der Waals surface area contributed by atoms with Crippen LogP contribution in [0.3, 0.4) is 0 Å². The average Bonchev–Trinajstić information content (AvgIpc) is 2.28. The van der Waals surface area contributed by atoms with Crippen LogP contribution < -0.4 is 5.32 Å². The Morgan fingerprint density at radius 2 is 2.06 bits per heavy atom. The van der Waals surface area contributed by atoms with E-state index in [9.17, 15) is 5.11 Å². The highest BCUT2D eigenvalue weighted by Gasteiger charge is 2.28. The SMILES string of the molecule is CC(C)OCCN1CC(C(C)C)NCC1CO. The van der Waals surface area contributed by atoms with E-state index >= 15 is 0 Å². The van der Waals surface area contributed by atoms with Crippen LogP contribution in [0.25, 0.3) is 0 Å². The lowest BCUT2D eigenvalue weighted by Gasteiger charge is -2.41. The van der Waals surface area contributed by atoms with Gasteiger partial charge in [0.25, 0.3) is 0 Å². The van der Waals surface area contributed by atoms with Crippen molar-refractivity contribution < 1.29 is 9.84 Å². The summed E-state index contributed by atoms with van der Waals surface area (Å²) in [5, 5.41) is 12.9. The Balaban J connectivity index is 2.40. The molecule has 0 aromatic carbocycles. The number of ether oxygens (including phenoxy) is 1. The van der Waals surface area contributed by atoms with Crippen LogP contribution >= 0.6 is 0 Å². The van der Waals surface area contributed by atoms with E-state index in [4.69, 9.17) is 4.74 Å². The van der Waals surface area contributed by atoms with Crippen LogP contribution in [0.4, 0.5) is 0 Å². The Labute approximate surface area is 105 Å². The van der Waals surface area contributed by atoms with Crippen molar-refractivity contribution in [2.24, 2.45) is 5.92 Å². The molecule has 1 saturated heterocycles. The molecule has 0 aliphatic carbocycles. The minimum absolute atomic E-state index is 0.222. The zero-order chi connectivity index (χ0) is 12.8. The Bertz CT molecular complexity index is 210. The second kappa shape index (κ2) is 7.31. The van der Waals surface area contributed by atoms with E-state index in [-0.39, 0.29) is 18.8 Å². The summed E-state index contributed by atoms with van der Waals surface area (Å²) in [5.41, 5.74) is 0. The van der Waals surface area contributed by atoms with Gasteiger partial charge in [0, 0.05) is 31.7 Å². The summed E-state index contributed by atoms with van der Waals surface area (Å²) in [5.74, 6) is 0.628. The molecule has 0 bridgehead atoms. The molecule has 0 aromatic rings. The lowest BCUT2D eigenvalue weighted by atomic mass is 9.99. The molecule has 102 valence electrons. The van der Waals surface area contributed by atoms with Crippen molar-refractivity contribution in [1.82, 2.24) is 10.2 Å². The summed E-state index contributed by atoms with van der Waals surface area (Å²) in [6.45, 7) is 12.3. The molecule has 17 heavy (non-hydrogen) atoms. The third kappa shape index (κ3) is 4.92. The van der Waals surface area contributed by atoms with Crippen molar-refractivity contribution in [1.29, 1.82) is 0 Å². The quantitative estimate of drug-likeness (QED) is 0.722. The molecule has 1 aliphatic heterocycles. The van der Waals surface area contributed by atoms with Crippen LogP contribution in [0, 0.1) is 5.92 Å². The van der Waals surface area contributed by atoms with Crippen molar-refractivity contribution in [2.75, 3.05) is 32.8 Å². The molecule has 1 heterocycles. The van der Waals surface area contributed by atoms with Gasteiger partial charge in [0.1, 0.15) is 0 Å². The van der Waals surface area contributed by atoms with Gasteiger partial charge in [0.05, 0.1) is 19.3 Å². The van der Waals surface area contributed by atoms with Crippen LogP contribution in [0.2, 0.25) is 0 Å². The number of piperazine rings is 1. The van der Waals surface area contributed by atoms with E-state index in [0.29, 0.717) is 12.0 Å². The highest BCUT2D eigenvalue weighted by atomic mass is 16.5. The summed E-state index contributed by atoms with van der Waals surface area (Å²) in [7, 11) is 0. The lowest BCUT2D eigenvalue weighted by molar-refractivity contribution is 0.0191. The second-order valence-corrected chi connectivity index (χ2v) is 5.51. The second-order valence-electron chi connectivity index (χ2n) is 5.51. The average molecular weight is 244 g/mol. The van der Waals surface area contributed by atoms with E-state index in [2.05, 4.69) is 37.9 Å². The molecule has 2 N–H and O–H groups in total. The predicted octanol–water partition coefficient (Wildman–Crippen LogP) is 0.702. The molecule has 0 aromatic heterocycles. The first-order valence-corrected chi connectivity index (χ1v) is 6.74. The maximum Gasteiger partial charge on any atom is 0.0599 e. The Kier molecular flexibility index (Phi) is 6.41. The number of rotatable bonds is 6. The summed E-state index contributed by atoms with van der Waals surface area (Å²) < 4.78 is 5.59. The largest absolute Gasteiger partial charge is 0.395 e. The zero-order valence-corrected chi connectivity index (χ0v) is 11.6. The van der Waals surface area contributed by atoms with Gasteiger partial charge in [-0.05, 0) is 19.8 Å². The van der Waals surface area contributed by atoms with Gasteiger partial charge in [-0.15, -0.1) is 0 Å². The third-order valence-corrected chi connectivity index (χ3v) is 3.41. The van der Waals surface area contributed by atoms with E-state index in [1.165, 1.54) is 0 Å². The fourth-order valence-corrected chi connectivity index (χ4v) is 2.19. The molecule has 2 atom stereocenters. The summed E-state index contributed by atoms with van der Waals surface area (Å²) in [6, 6.07) is 0.762. The molecule has 1 aliphatic rings. The van der Waals surface area contributed by atoms with Crippen molar-refractivity contribution in [3.8, 4) is 0 Å². The van der Waals surface area contributed by atoms with Crippen LogP contribution in [-0.2, 0) is 4.74 Å². The summed E-state index contributed by atoms with van der Waals surface area (Å²) in [4.78, 5) is 2.35. The number of aliphatic hydroxyl groups excluding tert-OH is 1. The maximum absolute atomic E-state index is 9.37. The van der Waals surface area contributed by atoms with Gasteiger partial charge >= 0.3 is 0 Å². The molecule has 0 saturated carbocycles. The number of aliphatic hydroxyl groups is 1. The Morgan fingerprint density at radius 3 is 2.59 bits per heavy atom. The van der Waals surface area contributed by atoms with E-state index < -0.39 is 0 Å². The van der Waals surface area contributed by atoms with Crippen LogP contribution in [0.5, 0.6) is 0 Å². The van der Waals surface area contributed by atoms with Crippen LogP contribution in [0.15, 0.2) is 0 Å². The predicted molar refractivity (Wildman–Crippen MR) is 70.2 cm³/mol. The van der Waals surface area contributed by atoms with Crippen molar-refractivity contribution >= 4 is 0 Å². The fraction of sp³-hybridized carbons (Fsp3) is 1.00. The van der Waals surface area contributed by atoms with Gasteiger partial charge < -0.3 is 15.2 Å². The summed E-state index contributed by atoms with van der Waals surface area (Å²) in [6.07, 6.45) is 0.284. The fourth-order valence-electron chi connectivity index (χ4n) is 2.19. The van der Waals surface area contributed by atoms with Gasteiger partial charge in [-0.2, -0.15) is 0 Å². The third-order valence-electron chi connectivity index (χ3n) is 3.41. The van der Waals surface area contributed by atoms with Crippen molar-refractivity contribution in [3.63, 3.8) is 0 Å². The van der Waals surface area contributed by atoms with E-state index in [1.807, 2.05) is 0 Å². The molecule has 1 rings (SSSR count). The first-order chi connectivity index (χ1) is 8.04. The molecule has 4 nitrogen and oxygen atoms in total. The van der Waals surface area contributed by atoms with Crippen LogP contribution in [-0.4, -0.2) is 61.0 Å². The maximum atomic E-state index is 9.37. The van der Waals surface area contributed by atoms with Crippen LogP contribution in [0.1, 0.15) is 27.7 Å². The molecule has 4 heteroatoms. The Morgan fingerprint density at radius 1 is 1.35 bits per heavy atom. The zero-order valence-electron chi connectivity index (χ0n) is 11.6. The standard InChI is InChI=1S/C13H28N2O2/c1-10(2)13-8-15(5-6-17-11(3)4)12(9-16)7-14-13/h10-14,16H,5-9H2,1-4H3. The number of hydrogen-bond acceptors (Lipinski definition) is 4. The number of nitrogens with one attached hydrogen (secondary N) is 1. The highest BCUT2D eigenvalue weighted by molar-refractivity contribution is 4.87. The van der Waals surface area contributed by atoms with E-state index in [0.717, 1.165) is 26.2 Å². The first-order valence-electron chi connectivity index (χ1n) is 6.74. The van der Waals surface area contributed by atoms with Gasteiger partial charge in [0.15, 0.2) is 0 Å². The highest BCUT2D eigenvalue weighted by Crippen LogP contribution is 2.12. The van der Waals surface area contributed by atoms with Gasteiger partial charge in [-0.1, -0.05) is 13.8 Å². The monoisotopic (exact) mass is 244 g/mol. The van der Waals surface area contributed by atoms with Gasteiger partial charge in [-0.25, -0.2) is 0 Å². The molecule has 2 unspecified atom stereocenters. The van der Waals surface area contributed by atoms with Gasteiger partial charge in [-0.3, -0.25) is 4.90 Å². The van der Waals surface area contributed by atoms with Gasteiger partial charge in [0.2, 0.25) is 0 Å². The molecular weight excluding hydrogens is 216 g/mol. The topological polar surface area (TPSA) is 44.7 Å². The lowest BCUT2D eigenvalue weighted by Crippen LogP contribution is -2.59. The minimum Gasteiger partial charge on any atom is -0.395 e. The minimum atomic E-state index is 0.222. The smallest absolute Gasteiger partial charge is 0.0599 e. The molecule has 0 spiro atoms. The molecular formula is C13H28N2O2. The molecule has 0 amide bonds. The normalized spacial score (nSPS) is 27.0. The van der Waals surface area contributed by atoms with E-state index in [1.54, 1.807) is 0 Å². The molecule has 0 radical (unpaired) electrons. The summed E-state index contributed by atoms with van der Waals surface area (Å²) >= 11 is 0. The number of nitrogens with zero attached hydrogens (tertiary/aromatic N) is 1. The first kappa shape index (κ1) is 14.9. The Hall–Kier alpha value is -0.160.